The van der Waals surface area contributed by atoms with Crippen molar-refractivity contribution in [3.63, 3.8) is 0 Å². The van der Waals surface area contributed by atoms with E-state index < -0.39 is 8.07 Å². The zero-order valence-corrected chi connectivity index (χ0v) is 14.9. The van der Waals surface area contributed by atoms with Gasteiger partial charge in [0.1, 0.15) is 7.05 Å². The van der Waals surface area contributed by atoms with E-state index in [-0.39, 0.29) is 0 Å². The number of pyridine rings is 1. The fourth-order valence-corrected chi connectivity index (χ4v) is 10.4. The van der Waals surface area contributed by atoms with Crippen molar-refractivity contribution < 1.29 is 4.57 Å². The normalized spacial score (nSPS) is 19.4. The largest absolute Gasteiger partial charge is 0.212 e. The van der Waals surface area contributed by atoms with Crippen LogP contribution < -0.4 is 9.75 Å². The fourth-order valence-electron chi connectivity index (χ4n) is 4.85. The van der Waals surface area contributed by atoms with E-state index in [2.05, 4.69) is 55.1 Å². The number of fused-ring (bicyclic) bond motifs is 2. The maximum absolute atomic E-state index is 2.59. The molecule has 0 bridgehead atoms. The van der Waals surface area contributed by atoms with Crippen LogP contribution >= 0.6 is 0 Å². The lowest BCUT2D eigenvalue weighted by molar-refractivity contribution is -0.660. The molecule has 2 aliphatic heterocycles. The van der Waals surface area contributed by atoms with Gasteiger partial charge in [-0.2, -0.15) is 0 Å². The highest BCUT2D eigenvalue weighted by Crippen LogP contribution is 2.38. The predicted molar refractivity (Wildman–Crippen MR) is 95.2 cm³/mol. The topological polar surface area (TPSA) is 3.88 Å². The third-order valence-electron chi connectivity index (χ3n) is 6.01. The molecule has 0 radical (unpaired) electrons. The van der Waals surface area contributed by atoms with Crippen LogP contribution in [0.25, 0.3) is 11.3 Å². The van der Waals surface area contributed by atoms with Crippen LogP contribution in [0.1, 0.15) is 30.4 Å². The van der Waals surface area contributed by atoms with Gasteiger partial charge >= 0.3 is 0 Å². The summed E-state index contributed by atoms with van der Waals surface area (Å²) in [5.41, 5.74) is 5.87. The van der Waals surface area contributed by atoms with Gasteiger partial charge in [0.05, 0.1) is 8.07 Å². The molecule has 1 spiro atoms. The number of nitrogens with zero attached hydrogens (tertiary/aromatic N) is 1. The number of hydrogen-bond donors (Lipinski definition) is 0. The molecule has 22 heavy (non-hydrogen) atoms. The predicted octanol–water partition coefficient (Wildman–Crippen LogP) is 3.88. The van der Waals surface area contributed by atoms with Crippen molar-refractivity contribution in [3.8, 4) is 11.3 Å². The highest BCUT2D eigenvalue weighted by atomic mass is 28.3. The maximum atomic E-state index is 2.59. The minimum Gasteiger partial charge on any atom is -0.201 e. The summed E-state index contributed by atoms with van der Waals surface area (Å²) in [7, 11) is 1.06. The molecule has 3 heterocycles. The van der Waals surface area contributed by atoms with Crippen LogP contribution in [0.2, 0.25) is 18.1 Å². The van der Waals surface area contributed by atoms with Crippen LogP contribution in [-0.4, -0.2) is 8.07 Å². The van der Waals surface area contributed by atoms with E-state index >= 15 is 0 Å². The lowest BCUT2D eigenvalue weighted by Crippen LogP contribution is -2.51. The molecule has 2 aliphatic rings. The van der Waals surface area contributed by atoms with E-state index in [9.17, 15) is 0 Å². The second kappa shape index (κ2) is 5.34. The molecule has 1 fully saturated rings. The van der Waals surface area contributed by atoms with Gasteiger partial charge in [-0.3, -0.25) is 0 Å². The average Bonchev–Trinajstić information content (AvgIpc) is 2.97. The number of hydrogen-bond acceptors (Lipinski definition) is 0. The first-order chi connectivity index (χ1) is 10.7. The molecule has 2 aromatic rings. The van der Waals surface area contributed by atoms with E-state index in [0.29, 0.717) is 0 Å². The smallest absolute Gasteiger partial charge is 0.201 e. The third kappa shape index (κ3) is 2.16. The van der Waals surface area contributed by atoms with Gasteiger partial charge in [-0.25, -0.2) is 4.57 Å². The summed E-state index contributed by atoms with van der Waals surface area (Å²) in [6.07, 6.45) is 8.14. The number of aryl methyl sites for hydroxylation is 3. The van der Waals surface area contributed by atoms with Gasteiger partial charge in [0.2, 0.25) is 5.69 Å². The molecule has 0 atom stereocenters. The molecule has 2 heteroatoms. The Morgan fingerprint density at radius 1 is 1.00 bits per heavy atom. The van der Waals surface area contributed by atoms with Gasteiger partial charge in [0, 0.05) is 17.2 Å². The van der Waals surface area contributed by atoms with Gasteiger partial charge in [0.15, 0.2) is 6.20 Å². The van der Waals surface area contributed by atoms with Crippen LogP contribution in [0, 0.1) is 6.92 Å². The van der Waals surface area contributed by atoms with Crippen molar-refractivity contribution in [2.75, 3.05) is 0 Å². The molecule has 4 rings (SSSR count). The monoisotopic (exact) mass is 308 g/mol. The van der Waals surface area contributed by atoms with Gasteiger partial charge in [-0.05, 0) is 30.2 Å². The Morgan fingerprint density at radius 3 is 2.50 bits per heavy atom. The minimum absolute atomic E-state index is 1.16. The first kappa shape index (κ1) is 14.2. The van der Waals surface area contributed by atoms with Crippen molar-refractivity contribution >= 4 is 13.3 Å². The number of rotatable bonds is 1. The van der Waals surface area contributed by atoms with Crippen molar-refractivity contribution in [3.05, 3.63) is 47.7 Å². The van der Waals surface area contributed by atoms with Crippen molar-refractivity contribution in [1.82, 2.24) is 0 Å². The minimum atomic E-state index is -1.16. The Hall–Kier alpha value is -1.41. The van der Waals surface area contributed by atoms with Gasteiger partial charge in [0.25, 0.3) is 0 Å². The number of benzene rings is 1. The summed E-state index contributed by atoms with van der Waals surface area (Å²) in [6, 6.07) is 16.0. The second-order valence-corrected chi connectivity index (χ2v) is 12.0. The summed E-state index contributed by atoms with van der Waals surface area (Å²) < 4.78 is 2.36. The van der Waals surface area contributed by atoms with E-state index in [1.165, 1.54) is 42.5 Å². The second-order valence-electron chi connectivity index (χ2n) is 7.36. The van der Waals surface area contributed by atoms with Crippen molar-refractivity contribution in [1.29, 1.82) is 0 Å². The van der Waals surface area contributed by atoms with E-state index in [0.717, 1.165) is 0 Å². The Bertz CT molecular complexity index is 714. The Labute approximate surface area is 135 Å². The average molecular weight is 309 g/mol. The summed E-state index contributed by atoms with van der Waals surface area (Å²) in [4.78, 5) is 0. The first-order valence-electron chi connectivity index (χ1n) is 8.79. The standard InChI is InChI=1S/C20H26NSi/c1-16-8-3-4-10-18(16)19-14-20-17(15-21(19)2)9-7-13-22(20)11-5-6-12-22/h3-4,8,10,14-15H,5-7,9,11-13H2,1-2H3/q+1. The molecule has 1 nitrogen and oxygen atoms in total. The van der Waals surface area contributed by atoms with E-state index in [4.69, 9.17) is 0 Å². The number of aromatic nitrogens is 1. The van der Waals surface area contributed by atoms with Gasteiger partial charge < -0.3 is 0 Å². The highest BCUT2D eigenvalue weighted by molar-refractivity contribution is 6.93. The molecular weight excluding hydrogens is 282 g/mol. The highest BCUT2D eigenvalue weighted by Gasteiger charge is 2.42. The van der Waals surface area contributed by atoms with E-state index in [1.807, 2.05) is 5.19 Å². The molecular formula is C20H26NSi+. The molecule has 0 saturated carbocycles. The zero-order valence-electron chi connectivity index (χ0n) is 13.9. The molecule has 0 aliphatic carbocycles. The molecule has 114 valence electrons. The van der Waals surface area contributed by atoms with Crippen LogP contribution in [-0.2, 0) is 13.5 Å². The van der Waals surface area contributed by atoms with Gasteiger partial charge in [-0.1, -0.05) is 55.6 Å². The quantitative estimate of drug-likeness (QED) is 0.556. The van der Waals surface area contributed by atoms with Gasteiger partial charge in [-0.15, -0.1) is 0 Å². The molecule has 1 aromatic carbocycles. The van der Waals surface area contributed by atoms with Crippen LogP contribution in [0.3, 0.4) is 0 Å². The Morgan fingerprint density at radius 2 is 1.73 bits per heavy atom. The SMILES string of the molecule is Cc1ccccc1-c1cc2c(c[n+]1C)CCC[Si]21CCCC1. The third-order valence-corrected chi connectivity index (χ3v) is 11.6. The summed E-state index contributed by atoms with van der Waals surface area (Å²) >= 11 is 0. The molecule has 0 amide bonds. The molecule has 1 saturated heterocycles. The van der Waals surface area contributed by atoms with Crippen LogP contribution in [0.4, 0.5) is 0 Å². The lowest BCUT2D eigenvalue weighted by Gasteiger charge is -2.33. The fraction of sp³-hybridized carbons (Fsp3) is 0.450. The van der Waals surface area contributed by atoms with Crippen molar-refractivity contribution in [2.45, 2.75) is 50.7 Å². The first-order valence-corrected chi connectivity index (χ1v) is 11.4. The van der Waals surface area contributed by atoms with Crippen molar-refractivity contribution in [2.24, 2.45) is 7.05 Å². The zero-order chi connectivity index (χ0) is 15.2. The van der Waals surface area contributed by atoms with E-state index in [1.54, 1.807) is 23.7 Å². The molecule has 0 unspecified atom stereocenters. The summed E-state index contributed by atoms with van der Waals surface area (Å²) in [5.74, 6) is 0. The molecule has 0 N–H and O–H groups in total. The Kier molecular flexibility index (Phi) is 3.45. The molecule has 1 aromatic heterocycles. The summed E-state index contributed by atoms with van der Waals surface area (Å²) in [6.45, 7) is 2.23. The Balaban J connectivity index is 1.90. The lowest BCUT2D eigenvalue weighted by atomic mass is 10.0. The van der Waals surface area contributed by atoms with Crippen LogP contribution in [0.5, 0.6) is 0 Å². The summed E-state index contributed by atoms with van der Waals surface area (Å²) in [5, 5.41) is 1.81. The maximum Gasteiger partial charge on any atom is 0.212 e. The van der Waals surface area contributed by atoms with Crippen LogP contribution in [0.15, 0.2) is 36.5 Å².